The van der Waals surface area contributed by atoms with Crippen molar-refractivity contribution in [3.63, 3.8) is 0 Å². The summed E-state index contributed by atoms with van der Waals surface area (Å²) in [5.41, 5.74) is 7.34. The first-order chi connectivity index (χ1) is 11.1. The second-order valence-corrected chi connectivity index (χ2v) is 6.70. The van der Waals surface area contributed by atoms with Crippen molar-refractivity contribution in [2.24, 2.45) is 10.7 Å². The molecule has 2 N–H and O–H groups in total. The van der Waals surface area contributed by atoms with E-state index in [9.17, 15) is 0 Å². The first-order valence-corrected chi connectivity index (χ1v) is 8.63. The van der Waals surface area contributed by atoms with E-state index in [1.54, 1.807) is 0 Å². The Labute approximate surface area is 143 Å². The van der Waals surface area contributed by atoms with Gasteiger partial charge in [0.2, 0.25) is 0 Å². The van der Waals surface area contributed by atoms with Crippen LogP contribution in [-0.4, -0.2) is 61.7 Å². The third-order valence-corrected chi connectivity index (χ3v) is 4.84. The number of ether oxygens (including phenoxy) is 1. The van der Waals surface area contributed by atoms with Crippen molar-refractivity contribution < 1.29 is 4.74 Å². The maximum atomic E-state index is 6.18. The van der Waals surface area contributed by atoms with Gasteiger partial charge in [0.15, 0.2) is 5.96 Å². The van der Waals surface area contributed by atoms with Gasteiger partial charge >= 0.3 is 0 Å². The van der Waals surface area contributed by atoms with Crippen LogP contribution in [0.1, 0.15) is 24.4 Å². The standard InChI is InChI=1S/C17H25ClN4O/c1-21(15-5-6-15)17(19)20-12-16(22-7-9-23-10-8-22)13-3-2-4-14(18)11-13/h2-4,11,15-16H,5-10,12H2,1H3,(H2,19,20). The van der Waals surface area contributed by atoms with Crippen LogP contribution >= 0.6 is 11.6 Å². The molecule has 1 aromatic rings. The first kappa shape index (κ1) is 16.6. The molecule has 2 fully saturated rings. The molecule has 5 nitrogen and oxygen atoms in total. The molecule has 1 unspecified atom stereocenters. The average Bonchev–Trinajstić information content (AvgIpc) is 3.40. The smallest absolute Gasteiger partial charge is 0.191 e. The molecule has 126 valence electrons. The molecule has 0 radical (unpaired) electrons. The number of guanidine groups is 1. The third kappa shape index (κ3) is 4.37. The maximum absolute atomic E-state index is 6.18. The van der Waals surface area contributed by atoms with E-state index >= 15 is 0 Å². The van der Waals surface area contributed by atoms with Crippen LogP contribution in [0, 0.1) is 0 Å². The summed E-state index contributed by atoms with van der Waals surface area (Å²) in [6.45, 7) is 3.98. The number of benzene rings is 1. The van der Waals surface area contributed by atoms with Gasteiger partial charge in [-0.05, 0) is 30.5 Å². The van der Waals surface area contributed by atoms with Crippen molar-refractivity contribution in [1.29, 1.82) is 0 Å². The highest BCUT2D eigenvalue weighted by molar-refractivity contribution is 6.30. The number of nitrogens with two attached hydrogens (primary N) is 1. The van der Waals surface area contributed by atoms with Gasteiger partial charge in [-0.1, -0.05) is 23.7 Å². The molecule has 1 heterocycles. The quantitative estimate of drug-likeness (QED) is 0.661. The molecule has 1 saturated carbocycles. The Bertz CT molecular complexity index is 555. The van der Waals surface area contributed by atoms with Crippen molar-refractivity contribution in [1.82, 2.24) is 9.80 Å². The lowest BCUT2D eigenvalue weighted by atomic mass is 10.0. The molecule has 0 aromatic heterocycles. The van der Waals surface area contributed by atoms with Gasteiger partial charge < -0.3 is 15.4 Å². The van der Waals surface area contributed by atoms with Gasteiger partial charge in [-0.2, -0.15) is 0 Å². The zero-order valence-corrected chi connectivity index (χ0v) is 14.4. The number of halogens is 1. The predicted molar refractivity (Wildman–Crippen MR) is 93.9 cm³/mol. The lowest BCUT2D eigenvalue weighted by molar-refractivity contribution is 0.0179. The van der Waals surface area contributed by atoms with Crippen LogP contribution in [0.25, 0.3) is 0 Å². The van der Waals surface area contributed by atoms with E-state index in [0.717, 1.165) is 31.3 Å². The van der Waals surface area contributed by atoms with Crippen LogP contribution in [-0.2, 0) is 4.74 Å². The fraction of sp³-hybridized carbons (Fsp3) is 0.588. The monoisotopic (exact) mass is 336 g/mol. The molecular formula is C17H25ClN4O. The molecule has 2 aliphatic rings. The largest absolute Gasteiger partial charge is 0.379 e. The minimum Gasteiger partial charge on any atom is -0.379 e. The fourth-order valence-corrected chi connectivity index (χ4v) is 3.17. The summed E-state index contributed by atoms with van der Waals surface area (Å²) < 4.78 is 5.48. The number of hydrogen-bond acceptors (Lipinski definition) is 3. The summed E-state index contributed by atoms with van der Waals surface area (Å²) in [6, 6.07) is 8.80. The van der Waals surface area contributed by atoms with E-state index in [1.807, 2.05) is 25.2 Å². The fourth-order valence-electron chi connectivity index (χ4n) is 2.98. The van der Waals surface area contributed by atoms with Gasteiger partial charge in [-0.15, -0.1) is 0 Å². The number of hydrogen-bond donors (Lipinski definition) is 1. The Morgan fingerprint density at radius 1 is 1.43 bits per heavy atom. The Kier molecular flexibility index (Phi) is 5.41. The Hall–Kier alpha value is -1.30. The van der Waals surface area contributed by atoms with Gasteiger partial charge in [-0.3, -0.25) is 9.89 Å². The molecule has 0 spiro atoms. The number of morpholine rings is 1. The second-order valence-electron chi connectivity index (χ2n) is 6.26. The van der Waals surface area contributed by atoms with Crippen LogP contribution < -0.4 is 5.73 Å². The van der Waals surface area contributed by atoms with E-state index < -0.39 is 0 Å². The first-order valence-electron chi connectivity index (χ1n) is 8.25. The Morgan fingerprint density at radius 2 is 2.17 bits per heavy atom. The van der Waals surface area contributed by atoms with E-state index in [-0.39, 0.29) is 6.04 Å². The summed E-state index contributed by atoms with van der Waals surface area (Å²) >= 11 is 6.18. The highest BCUT2D eigenvalue weighted by atomic mass is 35.5. The highest BCUT2D eigenvalue weighted by Gasteiger charge is 2.28. The second kappa shape index (κ2) is 7.51. The van der Waals surface area contributed by atoms with Crippen LogP contribution in [0.5, 0.6) is 0 Å². The third-order valence-electron chi connectivity index (χ3n) is 4.60. The van der Waals surface area contributed by atoms with Gasteiger partial charge in [0.25, 0.3) is 0 Å². The van der Waals surface area contributed by atoms with Gasteiger partial charge in [0.05, 0.1) is 25.8 Å². The number of aliphatic imine (C=N–C) groups is 1. The molecular weight excluding hydrogens is 312 g/mol. The number of rotatable bonds is 5. The van der Waals surface area contributed by atoms with Crippen molar-refractivity contribution in [3.05, 3.63) is 34.9 Å². The van der Waals surface area contributed by atoms with Crippen molar-refractivity contribution >= 4 is 17.6 Å². The lowest BCUT2D eigenvalue weighted by Gasteiger charge is -2.34. The van der Waals surface area contributed by atoms with E-state index in [1.165, 1.54) is 18.4 Å². The highest BCUT2D eigenvalue weighted by Crippen LogP contribution is 2.26. The summed E-state index contributed by atoms with van der Waals surface area (Å²) in [6.07, 6.45) is 2.43. The summed E-state index contributed by atoms with van der Waals surface area (Å²) in [5, 5.41) is 0.757. The van der Waals surface area contributed by atoms with Gasteiger partial charge in [0, 0.05) is 31.2 Å². The van der Waals surface area contributed by atoms with E-state index in [2.05, 4.69) is 20.9 Å². The molecule has 0 bridgehead atoms. The van der Waals surface area contributed by atoms with Crippen LogP contribution in [0.15, 0.2) is 29.3 Å². The summed E-state index contributed by atoms with van der Waals surface area (Å²) in [7, 11) is 2.03. The normalized spacial score (nSPS) is 21.2. The summed E-state index contributed by atoms with van der Waals surface area (Å²) in [5.74, 6) is 0.632. The molecule has 1 aliphatic carbocycles. The minimum absolute atomic E-state index is 0.184. The molecule has 6 heteroatoms. The van der Waals surface area contributed by atoms with Crippen molar-refractivity contribution in [3.8, 4) is 0 Å². The molecule has 1 saturated heterocycles. The van der Waals surface area contributed by atoms with Crippen LogP contribution in [0.3, 0.4) is 0 Å². The molecule has 3 rings (SSSR count). The molecule has 1 aliphatic heterocycles. The van der Waals surface area contributed by atoms with Crippen LogP contribution in [0.2, 0.25) is 5.02 Å². The molecule has 0 amide bonds. The number of nitrogens with zero attached hydrogens (tertiary/aromatic N) is 3. The predicted octanol–water partition coefficient (Wildman–Crippen LogP) is 2.12. The molecule has 1 atom stereocenters. The SMILES string of the molecule is CN(C(N)=NCC(c1cccc(Cl)c1)N1CCOCC1)C1CC1. The van der Waals surface area contributed by atoms with Crippen molar-refractivity contribution in [2.75, 3.05) is 39.9 Å². The Balaban J connectivity index is 1.75. The zero-order valence-electron chi connectivity index (χ0n) is 13.6. The van der Waals surface area contributed by atoms with E-state index in [0.29, 0.717) is 18.5 Å². The lowest BCUT2D eigenvalue weighted by Crippen LogP contribution is -2.41. The van der Waals surface area contributed by atoms with Gasteiger partial charge in [-0.25, -0.2) is 0 Å². The van der Waals surface area contributed by atoms with Crippen LogP contribution in [0.4, 0.5) is 0 Å². The van der Waals surface area contributed by atoms with Gasteiger partial charge in [0.1, 0.15) is 0 Å². The molecule has 1 aromatic carbocycles. The minimum atomic E-state index is 0.184. The average molecular weight is 337 g/mol. The topological polar surface area (TPSA) is 54.1 Å². The Morgan fingerprint density at radius 3 is 2.83 bits per heavy atom. The molecule has 23 heavy (non-hydrogen) atoms. The van der Waals surface area contributed by atoms with E-state index in [4.69, 9.17) is 22.1 Å². The van der Waals surface area contributed by atoms with Crippen molar-refractivity contribution in [2.45, 2.75) is 24.9 Å². The summed E-state index contributed by atoms with van der Waals surface area (Å²) in [4.78, 5) is 9.16. The zero-order chi connectivity index (χ0) is 16.2. The maximum Gasteiger partial charge on any atom is 0.191 e.